The lowest BCUT2D eigenvalue weighted by Crippen LogP contribution is -1.97. The van der Waals surface area contributed by atoms with Crippen LogP contribution in [0.3, 0.4) is 0 Å². The Morgan fingerprint density at radius 2 is 1.63 bits per heavy atom. The monoisotopic (exact) mass is 466 g/mol. The maximum atomic E-state index is 11.1. The molecule has 0 saturated carbocycles. The first-order valence-corrected chi connectivity index (χ1v) is 10.9. The molecule has 5 aromatic rings. The first-order valence-electron chi connectivity index (χ1n) is 10.9. The Morgan fingerprint density at radius 1 is 0.943 bits per heavy atom. The van der Waals surface area contributed by atoms with Crippen molar-refractivity contribution in [1.29, 1.82) is 0 Å². The summed E-state index contributed by atoms with van der Waals surface area (Å²) in [5.41, 5.74) is 2.75. The molecule has 2 heterocycles. The molecule has 35 heavy (non-hydrogen) atoms. The van der Waals surface area contributed by atoms with Crippen LogP contribution in [0.1, 0.15) is 21.9 Å². The summed E-state index contributed by atoms with van der Waals surface area (Å²) in [6.07, 6.45) is 3.81. The largest absolute Gasteiger partial charge is 0.497 e. The average Bonchev–Trinajstić information content (AvgIpc) is 3.50. The molecule has 0 radical (unpaired) electrons. The highest BCUT2D eigenvalue weighted by molar-refractivity contribution is 6.00. The van der Waals surface area contributed by atoms with Crippen LogP contribution < -0.4 is 9.47 Å². The molecule has 0 unspecified atom stereocenters. The predicted molar refractivity (Wildman–Crippen MR) is 133 cm³/mol. The van der Waals surface area contributed by atoms with Crippen molar-refractivity contribution in [2.45, 2.75) is 6.54 Å². The van der Waals surface area contributed by atoms with Crippen LogP contribution in [0.4, 0.5) is 5.69 Å². The van der Waals surface area contributed by atoms with Crippen LogP contribution in [0, 0.1) is 0 Å². The lowest BCUT2D eigenvalue weighted by atomic mass is 10.2. The average molecular weight is 466 g/mol. The number of carboxylic acids is 1. The minimum atomic E-state index is -1.08. The number of para-hydroxylation sites is 1. The van der Waals surface area contributed by atoms with Crippen molar-refractivity contribution in [3.8, 4) is 17.2 Å². The molecule has 7 nitrogen and oxygen atoms in total. The summed E-state index contributed by atoms with van der Waals surface area (Å²) in [4.78, 5) is 15.7. The van der Waals surface area contributed by atoms with Gasteiger partial charge in [0.25, 0.3) is 0 Å². The summed E-state index contributed by atoms with van der Waals surface area (Å²) in [5, 5.41) is 10.1. The number of furan rings is 1. The third-order valence-corrected chi connectivity index (χ3v) is 5.50. The Bertz CT molecular complexity index is 1490. The van der Waals surface area contributed by atoms with Crippen molar-refractivity contribution < 1.29 is 23.8 Å². The van der Waals surface area contributed by atoms with Crippen molar-refractivity contribution in [3.63, 3.8) is 0 Å². The van der Waals surface area contributed by atoms with Gasteiger partial charge in [-0.05, 0) is 66.7 Å². The number of aliphatic imine (C=N–C) groups is 1. The first-order chi connectivity index (χ1) is 17.1. The number of fused-ring (bicyclic) bond motifs is 1. The van der Waals surface area contributed by atoms with Crippen LogP contribution in [-0.4, -0.2) is 29.0 Å². The summed E-state index contributed by atoms with van der Waals surface area (Å²) < 4.78 is 18.5. The Labute approximate surface area is 201 Å². The Morgan fingerprint density at radius 3 is 2.31 bits per heavy atom. The Kier molecular flexibility index (Phi) is 6.05. The zero-order chi connectivity index (χ0) is 24.2. The lowest BCUT2D eigenvalue weighted by Gasteiger charge is -2.06. The van der Waals surface area contributed by atoms with Crippen molar-refractivity contribution in [2.24, 2.45) is 4.99 Å². The van der Waals surface area contributed by atoms with Crippen molar-refractivity contribution in [1.82, 2.24) is 4.57 Å². The Hall–Kier alpha value is -4.78. The van der Waals surface area contributed by atoms with Gasteiger partial charge in [0.2, 0.25) is 5.76 Å². The number of carboxylic acid groups (broad SMARTS) is 1. The summed E-state index contributed by atoms with van der Waals surface area (Å²) in [5.74, 6) is 1.63. The van der Waals surface area contributed by atoms with E-state index in [0.29, 0.717) is 18.1 Å². The summed E-state index contributed by atoms with van der Waals surface area (Å²) >= 11 is 0. The van der Waals surface area contributed by atoms with Gasteiger partial charge >= 0.3 is 5.97 Å². The summed E-state index contributed by atoms with van der Waals surface area (Å²) in [6, 6.07) is 26.1. The van der Waals surface area contributed by atoms with E-state index in [2.05, 4.69) is 4.99 Å². The van der Waals surface area contributed by atoms with Crippen LogP contribution >= 0.6 is 0 Å². The second-order valence-electron chi connectivity index (χ2n) is 7.83. The van der Waals surface area contributed by atoms with Gasteiger partial charge in [-0.1, -0.05) is 18.2 Å². The zero-order valence-corrected chi connectivity index (χ0v) is 18.9. The molecule has 0 atom stereocenters. The number of aromatic carboxylic acids is 1. The van der Waals surface area contributed by atoms with Gasteiger partial charge in [0.05, 0.1) is 19.3 Å². The van der Waals surface area contributed by atoms with Gasteiger partial charge in [0.15, 0.2) is 0 Å². The molecule has 2 aromatic heterocycles. The van der Waals surface area contributed by atoms with Crippen molar-refractivity contribution in [2.75, 3.05) is 7.11 Å². The van der Waals surface area contributed by atoms with Gasteiger partial charge < -0.3 is 23.6 Å². The van der Waals surface area contributed by atoms with E-state index in [0.717, 1.165) is 33.7 Å². The molecular formula is C28H22N2O5. The molecule has 5 rings (SSSR count). The van der Waals surface area contributed by atoms with Gasteiger partial charge in [-0.25, -0.2) is 4.79 Å². The standard InChI is InChI=1S/C28H22N2O5/c1-33-21-10-12-23(13-11-21)34-22-8-6-20(7-9-22)29-16-19-17-30(26-5-3-2-4-25(19)26)18-24-14-15-27(35-24)28(31)32/h2-17H,18H2,1H3,(H,31,32). The minimum absolute atomic E-state index is 0.0716. The molecule has 0 aliphatic rings. The highest BCUT2D eigenvalue weighted by Gasteiger charge is 2.12. The van der Waals surface area contributed by atoms with Crippen molar-refractivity contribution in [3.05, 3.63) is 108 Å². The number of rotatable bonds is 8. The maximum Gasteiger partial charge on any atom is 0.371 e. The van der Waals surface area contributed by atoms with Gasteiger partial charge in [0.1, 0.15) is 23.0 Å². The fourth-order valence-corrected chi connectivity index (χ4v) is 3.78. The molecule has 0 amide bonds. The second-order valence-corrected chi connectivity index (χ2v) is 7.83. The van der Waals surface area contributed by atoms with E-state index in [-0.39, 0.29) is 5.76 Å². The zero-order valence-electron chi connectivity index (χ0n) is 18.9. The third-order valence-electron chi connectivity index (χ3n) is 5.50. The van der Waals surface area contributed by atoms with Crippen LogP contribution in [-0.2, 0) is 6.54 Å². The second kappa shape index (κ2) is 9.61. The topological polar surface area (TPSA) is 86.2 Å². The summed E-state index contributed by atoms with van der Waals surface area (Å²) in [6.45, 7) is 0.416. The number of hydrogen-bond donors (Lipinski definition) is 1. The van der Waals surface area contributed by atoms with Crippen LogP contribution in [0.15, 0.2) is 101 Å². The van der Waals surface area contributed by atoms with E-state index in [9.17, 15) is 4.79 Å². The smallest absolute Gasteiger partial charge is 0.371 e. The van der Waals surface area contributed by atoms with Crippen LogP contribution in [0.5, 0.6) is 17.2 Å². The highest BCUT2D eigenvalue weighted by Crippen LogP contribution is 2.27. The lowest BCUT2D eigenvalue weighted by molar-refractivity contribution is 0.0660. The number of nitrogens with zero attached hydrogens (tertiary/aromatic N) is 2. The van der Waals surface area contributed by atoms with Gasteiger partial charge in [-0.15, -0.1) is 0 Å². The van der Waals surface area contributed by atoms with E-state index in [1.165, 1.54) is 6.07 Å². The fourth-order valence-electron chi connectivity index (χ4n) is 3.78. The SMILES string of the molecule is COc1ccc(Oc2ccc(N=Cc3cn(Cc4ccc(C(=O)O)o4)c4ccccc34)cc2)cc1. The maximum absolute atomic E-state index is 11.1. The molecule has 0 aliphatic carbocycles. The molecule has 7 heteroatoms. The number of methoxy groups -OCH3 is 1. The first kappa shape index (κ1) is 22.0. The molecule has 0 fully saturated rings. The van der Waals surface area contributed by atoms with E-state index in [1.807, 2.05) is 89.8 Å². The van der Waals surface area contributed by atoms with Gasteiger partial charge in [-0.2, -0.15) is 0 Å². The van der Waals surface area contributed by atoms with Crippen LogP contribution in [0.25, 0.3) is 10.9 Å². The fraction of sp³-hybridized carbons (Fsp3) is 0.0714. The summed E-state index contributed by atoms with van der Waals surface area (Å²) in [7, 11) is 1.63. The molecule has 0 bridgehead atoms. The predicted octanol–water partition coefficient (Wildman–Crippen LogP) is 6.53. The normalized spacial score (nSPS) is 11.2. The van der Waals surface area contributed by atoms with Gasteiger partial charge in [0, 0.05) is 28.9 Å². The van der Waals surface area contributed by atoms with E-state index in [4.69, 9.17) is 19.0 Å². The Balaban J connectivity index is 1.33. The number of carbonyl (C=O) groups is 1. The molecule has 174 valence electrons. The molecule has 1 N–H and O–H groups in total. The van der Waals surface area contributed by atoms with Gasteiger partial charge in [-0.3, -0.25) is 4.99 Å². The molecular weight excluding hydrogens is 444 g/mol. The highest BCUT2D eigenvalue weighted by atomic mass is 16.5. The molecule has 0 aliphatic heterocycles. The van der Waals surface area contributed by atoms with Crippen LogP contribution in [0.2, 0.25) is 0 Å². The minimum Gasteiger partial charge on any atom is -0.497 e. The number of ether oxygens (including phenoxy) is 2. The quantitative estimate of drug-likeness (QED) is 0.263. The van der Waals surface area contributed by atoms with E-state index in [1.54, 1.807) is 13.2 Å². The molecule has 0 saturated heterocycles. The third kappa shape index (κ3) is 4.94. The van der Waals surface area contributed by atoms with E-state index >= 15 is 0 Å². The number of hydrogen-bond acceptors (Lipinski definition) is 5. The molecule has 3 aromatic carbocycles. The van der Waals surface area contributed by atoms with E-state index < -0.39 is 5.97 Å². The molecule has 0 spiro atoms. The number of aromatic nitrogens is 1. The number of benzene rings is 3. The van der Waals surface area contributed by atoms with Crippen molar-refractivity contribution >= 4 is 28.8 Å².